The Hall–Kier alpha value is -2.93. The second-order valence-corrected chi connectivity index (χ2v) is 6.25. The molecule has 0 spiro atoms. The Morgan fingerprint density at radius 1 is 1.26 bits per heavy atom. The molecule has 8 heteroatoms. The van der Waals surface area contributed by atoms with Crippen molar-refractivity contribution in [2.45, 2.75) is 26.4 Å². The minimum absolute atomic E-state index is 0. The first-order chi connectivity index (χ1) is 12.7. The number of furan rings is 1. The van der Waals surface area contributed by atoms with Crippen LogP contribution in [0.2, 0.25) is 0 Å². The molecule has 0 radical (unpaired) electrons. The van der Waals surface area contributed by atoms with Gasteiger partial charge < -0.3 is 14.6 Å². The third kappa shape index (κ3) is 4.09. The lowest BCUT2D eigenvalue weighted by molar-refractivity contribution is 0.0700. The Bertz CT molecular complexity index is 929. The van der Waals surface area contributed by atoms with E-state index in [2.05, 4.69) is 20.3 Å². The second kappa shape index (κ2) is 8.18. The van der Waals surface area contributed by atoms with Gasteiger partial charge in [-0.15, -0.1) is 12.4 Å². The molecule has 3 aromatic rings. The van der Waals surface area contributed by atoms with Crippen molar-refractivity contribution in [1.29, 1.82) is 0 Å². The summed E-state index contributed by atoms with van der Waals surface area (Å²) in [4.78, 5) is 27.1. The van der Waals surface area contributed by atoms with E-state index in [-0.39, 0.29) is 18.3 Å². The number of carbonyl (C=O) groups excluding carboxylic acids is 1. The third-order valence-electron chi connectivity index (χ3n) is 4.47. The van der Waals surface area contributed by atoms with Crippen LogP contribution in [0.5, 0.6) is 0 Å². The van der Waals surface area contributed by atoms with Crippen LogP contribution in [-0.2, 0) is 19.5 Å². The van der Waals surface area contributed by atoms with Gasteiger partial charge in [-0.2, -0.15) is 0 Å². The number of aryl methyl sites for hydroxylation is 1. The van der Waals surface area contributed by atoms with Gasteiger partial charge in [-0.05, 0) is 48.2 Å². The summed E-state index contributed by atoms with van der Waals surface area (Å²) in [6.07, 6.45) is 7.89. The van der Waals surface area contributed by atoms with Gasteiger partial charge in [0.25, 0.3) is 5.91 Å². The van der Waals surface area contributed by atoms with Gasteiger partial charge in [0, 0.05) is 44.4 Å². The van der Waals surface area contributed by atoms with E-state index in [1.807, 2.05) is 25.4 Å². The number of amides is 1. The number of pyridine rings is 1. The summed E-state index contributed by atoms with van der Waals surface area (Å²) in [5.41, 5.74) is 3.42. The maximum atomic E-state index is 12.6. The lowest BCUT2D eigenvalue weighted by Gasteiger charge is -2.29. The number of fused-ring (bicyclic) bond motifs is 1. The van der Waals surface area contributed by atoms with Crippen LogP contribution in [0.15, 0.2) is 47.4 Å². The molecule has 1 aliphatic rings. The summed E-state index contributed by atoms with van der Waals surface area (Å²) in [5, 5.41) is 3.22. The molecular weight excluding hydrogens is 366 g/mol. The van der Waals surface area contributed by atoms with Crippen LogP contribution in [0.4, 0.5) is 5.95 Å². The highest BCUT2D eigenvalue weighted by atomic mass is 35.5. The molecule has 0 aromatic carbocycles. The van der Waals surface area contributed by atoms with Crippen LogP contribution in [0.25, 0.3) is 0 Å². The zero-order valence-electron chi connectivity index (χ0n) is 14.9. The number of carbonyl (C=O) groups is 1. The predicted octanol–water partition coefficient (Wildman–Crippen LogP) is 3.01. The first kappa shape index (κ1) is 18.8. The van der Waals surface area contributed by atoms with Crippen molar-refractivity contribution >= 4 is 24.3 Å². The monoisotopic (exact) mass is 385 g/mol. The number of nitrogens with one attached hydrogen (secondary N) is 1. The molecule has 4 heterocycles. The largest absolute Gasteiger partial charge is 0.456 e. The average molecular weight is 386 g/mol. The molecule has 1 N–H and O–H groups in total. The molecule has 0 saturated heterocycles. The molecule has 7 nitrogen and oxygen atoms in total. The topological polar surface area (TPSA) is 84.2 Å². The number of aromatic nitrogens is 3. The summed E-state index contributed by atoms with van der Waals surface area (Å²) >= 11 is 0. The number of anilines is 1. The molecule has 4 rings (SSSR count). The highest BCUT2D eigenvalue weighted by Gasteiger charge is 2.25. The number of hydrogen-bond acceptors (Lipinski definition) is 6. The minimum atomic E-state index is -0.0787. The third-order valence-corrected chi connectivity index (χ3v) is 4.47. The fourth-order valence-corrected chi connectivity index (χ4v) is 3.16. The van der Waals surface area contributed by atoms with Gasteiger partial charge in [-0.1, -0.05) is 0 Å². The summed E-state index contributed by atoms with van der Waals surface area (Å²) in [6, 6.07) is 5.32. The molecule has 0 fully saturated rings. The summed E-state index contributed by atoms with van der Waals surface area (Å²) < 4.78 is 5.47. The van der Waals surface area contributed by atoms with Crippen molar-refractivity contribution in [3.8, 4) is 0 Å². The highest BCUT2D eigenvalue weighted by molar-refractivity contribution is 5.91. The standard InChI is InChI=1S/C19H19N5O2.ClH/c1-13-3-4-17(26-13)18(25)24-8-5-16-14(9-20-10-15(16)12-24)11-23-19-21-6-2-7-22-19;/h2-4,6-7,9-10H,5,8,11-12H2,1H3,(H,21,22,23);1H. The molecule has 0 bridgehead atoms. The van der Waals surface area contributed by atoms with E-state index < -0.39 is 0 Å². The van der Waals surface area contributed by atoms with Gasteiger partial charge in [0.2, 0.25) is 5.95 Å². The van der Waals surface area contributed by atoms with Crippen LogP contribution < -0.4 is 5.32 Å². The van der Waals surface area contributed by atoms with E-state index in [4.69, 9.17) is 4.42 Å². The molecule has 1 amide bonds. The lowest BCUT2D eigenvalue weighted by Crippen LogP contribution is -2.36. The van der Waals surface area contributed by atoms with Crippen molar-refractivity contribution in [2.75, 3.05) is 11.9 Å². The smallest absolute Gasteiger partial charge is 0.289 e. The van der Waals surface area contributed by atoms with Gasteiger partial charge in [0.1, 0.15) is 5.76 Å². The van der Waals surface area contributed by atoms with Gasteiger partial charge in [0.05, 0.1) is 0 Å². The summed E-state index contributed by atoms with van der Waals surface area (Å²) in [5.74, 6) is 1.64. The van der Waals surface area contributed by atoms with E-state index in [9.17, 15) is 4.79 Å². The molecule has 0 atom stereocenters. The Labute approximate surface area is 163 Å². The van der Waals surface area contributed by atoms with E-state index >= 15 is 0 Å². The predicted molar refractivity (Wildman–Crippen MR) is 103 cm³/mol. The van der Waals surface area contributed by atoms with Crippen LogP contribution in [0.3, 0.4) is 0 Å². The summed E-state index contributed by atoms with van der Waals surface area (Å²) in [6.45, 7) is 3.63. The first-order valence-corrected chi connectivity index (χ1v) is 8.52. The van der Waals surface area contributed by atoms with Crippen molar-refractivity contribution in [3.63, 3.8) is 0 Å². The first-order valence-electron chi connectivity index (χ1n) is 8.52. The molecule has 0 saturated carbocycles. The van der Waals surface area contributed by atoms with Crippen molar-refractivity contribution in [3.05, 3.63) is 71.2 Å². The maximum absolute atomic E-state index is 12.6. The van der Waals surface area contributed by atoms with E-state index in [0.29, 0.717) is 31.3 Å². The van der Waals surface area contributed by atoms with Crippen LogP contribution in [-0.4, -0.2) is 32.3 Å². The van der Waals surface area contributed by atoms with Crippen LogP contribution in [0.1, 0.15) is 33.0 Å². The lowest BCUT2D eigenvalue weighted by atomic mass is 9.97. The SMILES string of the molecule is Cc1ccc(C(=O)N2CCc3c(CNc4ncccn4)cncc3C2)o1.Cl. The molecule has 0 aliphatic carbocycles. The van der Waals surface area contributed by atoms with Gasteiger partial charge in [0.15, 0.2) is 5.76 Å². The van der Waals surface area contributed by atoms with Gasteiger partial charge in [-0.25, -0.2) is 9.97 Å². The number of rotatable bonds is 4. The van der Waals surface area contributed by atoms with E-state index in [1.165, 1.54) is 5.56 Å². The quantitative estimate of drug-likeness (QED) is 0.743. The zero-order valence-corrected chi connectivity index (χ0v) is 15.7. The number of halogens is 1. The van der Waals surface area contributed by atoms with Gasteiger partial charge in [-0.3, -0.25) is 9.78 Å². The molecule has 140 valence electrons. The Balaban J connectivity index is 0.00000210. The number of hydrogen-bond donors (Lipinski definition) is 1. The fraction of sp³-hybridized carbons (Fsp3) is 0.263. The van der Waals surface area contributed by atoms with Crippen LogP contribution >= 0.6 is 12.4 Å². The minimum Gasteiger partial charge on any atom is -0.456 e. The average Bonchev–Trinajstić information content (AvgIpc) is 3.12. The van der Waals surface area contributed by atoms with Crippen molar-refractivity contribution < 1.29 is 9.21 Å². The highest BCUT2D eigenvalue weighted by Crippen LogP contribution is 2.24. The molecule has 1 aliphatic heterocycles. The van der Waals surface area contributed by atoms with E-state index in [0.717, 1.165) is 23.3 Å². The molecule has 27 heavy (non-hydrogen) atoms. The van der Waals surface area contributed by atoms with Crippen molar-refractivity contribution in [1.82, 2.24) is 19.9 Å². The Kier molecular flexibility index (Phi) is 5.71. The maximum Gasteiger partial charge on any atom is 0.289 e. The Morgan fingerprint density at radius 2 is 2.07 bits per heavy atom. The zero-order chi connectivity index (χ0) is 17.9. The fourth-order valence-electron chi connectivity index (χ4n) is 3.16. The molecule has 3 aromatic heterocycles. The van der Waals surface area contributed by atoms with E-state index in [1.54, 1.807) is 29.4 Å². The number of nitrogens with zero attached hydrogens (tertiary/aromatic N) is 4. The van der Waals surface area contributed by atoms with Crippen LogP contribution in [0, 0.1) is 6.92 Å². The summed E-state index contributed by atoms with van der Waals surface area (Å²) in [7, 11) is 0. The molecule has 0 unspecified atom stereocenters. The Morgan fingerprint density at radius 3 is 2.81 bits per heavy atom. The van der Waals surface area contributed by atoms with Crippen molar-refractivity contribution in [2.24, 2.45) is 0 Å². The molecular formula is C19H20ClN5O2. The second-order valence-electron chi connectivity index (χ2n) is 6.25. The van der Waals surface area contributed by atoms with Gasteiger partial charge >= 0.3 is 0 Å². The normalized spacial score (nSPS) is 12.9.